The third-order valence-electron chi connectivity index (χ3n) is 2.43. The van der Waals surface area contributed by atoms with E-state index in [-0.39, 0.29) is 0 Å². The second kappa shape index (κ2) is 5.54. The number of hydrogen-bond acceptors (Lipinski definition) is 4. The normalized spacial score (nSPS) is 11.0. The first-order valence-corrected chi connectivity index (χ1v) is 5.77. The highest BCUT2D eigenvalue weighted by Crippen LogP contribution is 2.04. The van der Waals surface area contributed by atoms with Gasteiger partial charge < -0.3 is 5.32 Å². The molecule has 2 heterocycles. The van der Waals surface area contributed by atoms with Gasteiger partial charge in [0.1, 0.15) is 0 Å². The fourth-order valence-electron chi connectivity index (χ4n) is 1.51. The van der Waals surface area contributed by atoms with Gasteiger partial charge in [-0.25, -0.2) is 0 Å². The SMILES string of the molecule is CC(C)n1ccc(CNCc2cccnn2)n1. The summed E-state index contributed by atoms with van der Waals surface area (Å²) in [5.41, 5.74) is 1.98. The van der Waals surface area contributed by atoms with Gasteiger partial charge in [0.05, 0.1) is 11.4 Å². The van der Waals surface area contributed by atoms with E-state index in [1.54, 1.807) is 6.20 Å². The van der Waals surface area contributed by atoms with Crippen LogP contribution in [0.15, 0.2) is 30.6 Å². The summed E-state index contributed by atoms with van der Waals surface area (Å²) in [5.74, 6) is 0. The standard InChI is InChI=1S/C12H17N5/c1-10(2)17-7-5-12(16-17)9-13-8-11-4-3-6-14-15-11/h3-7,10,13H,8-9H2,1-2H3. The van der Waals surface area contributed by atoms with Gasteiger partial charge in [-0.1, -0.05) is 0 Å². The van der Waals surface area contributed by atoms with Gasteiger partial charge in [-0.05, 0) is 32.0 Å². The molecular formula is C12H17N5. The number of aromatic nitrogens is 4. The minimum Gasteiger partial charge on any atom is -0.305 e. The zero-order chi connectivity index (χ0) is 12.1. The van der Waals surface area contributed by atoms with E-state index >= 15 is 0 Å². The monoisotopic (exact) mass is 231 g/mol. The average molecular weight is 231 g/mol. The molecule has 2 aromatic rings. The molecule has 0 amide bonds. The van der Waals surface area contributed by atoms with E-state index in [1.807, 2.05) is 29.1 Å². The van der Waals surface area contributed by atoms with Crippen molar-refractivity contribution in [2.75, 3.05) is 0 Å². The molecule has 0 saturated carbocycles. The molecule has 0 aliphatic carbocycles. The molecule has 17 heavy (non-hydrogen) atoms. The van der Waals surface area contributed by atoms with E-state index < -0.39 is 0 Å². The number of rotatable bonds is 5. The summed E-state index contributed by atoms with van der Waals surface area (Å²) in [6.07, 6.45) is 3.68. The highest BCUT2D eigenvalue weighted by Gasteiger charge is 2.01. The van der Waals surface area contributed by atoms with Crippen LogP contribution in [0.25, 0.3) is 0 Å². The Labute approximate surface area is 101 Å². The first-order chi connectivity index (χ1) is 8.25. The van der Waals surface area contributed by atoms with Crippen molar-refractivity contribution in [1.29, 1.82) is 0 Å². The first-order valence-electron chi connectivity index (χ1n) is 5.77. The van der Waals surface area contributed by atoms with Crippen LogP contribution in [-0.2, 0) is 13.1 Å². The molecule has 2 aromatic heterocycles. The van der Waals surface area contributed by atoms with Crippen molar-refractivity contribution in [2.24, 2.45) is 0 Å². The second-order valence-corrected chi connectivity index (χ2v) is 4.20. The van der Waals surface area contributed by atoms with E-state index in [0.29, 0.717) is 12.6 Å². The number of nitrogens with one attached hydrogen (secondary N) is 1. The van der Waals surface area contributed by atoms with Gasteiger partial charge in [-0.3, -0.25) is 4.68 Å². The molecule has 0 spiro atoms. The van der Waals surface area contributed by atoms with Crippen LogP contribution >= 0.6 is 0 Å². The van der Waals surface area contributed by atoms with Crippen molar-refractivity contribution in [1.82, 2.24) is 25.3 Å². The molecular weight excluding hydrogens is 214 g/mol. The molecule has 0 aromatic carbocycles. The van der Waals surface area contributed by atoms with Crippen LogP contribution in [0.5, 0.6) is 0 Å². The molecule has 0 unspecified atom stereocenters. The van der Waals surface area contributed by atoms with Gasteiger partial charge in [0.25, 0.3) is 0 Å². The Morgan fingerprint density at radius 1 is 1.24 bits per heavy atom. The lowest BCUT2D eigenvalue weighted by Gasteiger charge is -2.04. The van der Waals surface area contributed by atoms with Crippen molar-refractivity contribution in [3.8, 4) is 0 Å². The summed E-state index contributed by atoms with van der Waals surface area (Å²) in [6, 6.07) is 6.28. The third kappa shape index (κ3) is 3.35. The lowest BCUT2D eigenvalue weighted by atomic mass is 10.3. The van der Waals surface area contributed by atoms with E-state index in [9.17, 15) is 0 Å². The smallest absolute Gasteiger partial charge is 0.0769 e. The zero-order valence-corrected chi connectivity index (χ0v) is 10.2. The van der Waals surface area contributed by atoms with Crippen LogP contribution in [0.1, 0.15) is 31.3 Å². The van der Waals surface area contributed by atoms with Crippen LogP contribution in [0.4, 0.5) is 0 Å². The van der Waals surface area contributed by atoms with Crippen molar-refractivity contribution < 1.29 is 0 Å². The van der Waals surface area contributed by atoms with Gasteiger partial charge in [0.15, 0.2) is 0 Å². The lowest BCUT2D eigenvalue weighted by Crippen LogP contribution is -2.14. The first kappa shape index (κ1) is 11.7. The summed E-state index contributed by atoms with van der Waals surface area (Å²) in [5, 5.41) is 15.6. The third-order valence-corrected chi connectivity index (χ3v) is 2.43. The van der Waals surface area contributed by atoms with Gasteiger partial charge >= 0.3 is 0 Å². The van der Waals surface area contributed by atoms with E-state index in [0.717, 1.165) is 17.9 Å². The minimum atomic E-state index is 0.406. The highest BCUT2D eigenvalue weighted by molar-refractivity contribution is 5.01. The Morgan fingerprint density at radius 2 is 2.06 bits per heavy atom. The molecule has 2 rings (SSSR count). The van der Waals surface area contributed by atoms with E-state index in [1.165, 1.54) is 0 Å². The Morgan fingerprint density at radius 3 is 2.71 bits per heavy atom. The van der Waals surface area contributed by atoms with Crippen molar-refractivity contribution in [3.63, 3.8) is 0 Å². The summed E-state index contributed by atoms with van der Waals surface area (Å²) < 4.78 is 1.96. The Bertz CT molecular complexity index is 449. The molecule has 0 aliphatic rings. The van der Waals surface area contributed by atoms with Gasteiger partial charge in [0.2, 0.25) is 0 Å². The predicted octanol–water partition coefficient (Wildman–Crippen LogP) is 1.54. The van der Waals surface area contributed by atoms with Crippen molar-refractivity contribution in [3.05, 3.63) is 42.0 Å². The molecule has 0 atom stereocenters. The molecule has 0 bridgehead atoms. The maximum atomic E-state index is 4.46. The second-order valence-electron chi connectivity index (χ2n) is 4.20. The van der Waals surface area contributed by atoms with E-state index in [2.05, 4.69) is 34.5 Å². The topological polar surface area (TPSA) is 55.6 Å². The Hall–Kier alpha value is -1.75. The summed E-state index contributed by atoms with van der Waals surface area (Å²) in [4.78, 5) is 0. The average Bonchev–Trinajstić information content (AvgIpc) is 2.79. The molecule has 0 fully saturated rings. The maximum Gasteiger partial charge on any atom is 0.0769 e. The molecule has 90 valence electrons. The van der Waals surface area contributed by atoms with Crippen LogP contribution < -0.4 is 5.32 Å². The Kier molecular flexibility index (Phi) is 3.82. The van der Waals surface area contributed by atoms with Crippen LogP contribution in [0, 0.1) is 0 Å². The van der Waals surface area contributed by atoms with Crippen LogP contribution in [0.3, 0.4) is 0 Å². The maximum absolute atomic E-state index is 4.46. The summed E-state index contributed by atoms with van der Waals surface area (Å²) >= 11 is 0. The zero-order valence-electron chi connectivity index (χ0n) is 10.2. The van der Waals surface area contributed by atoms with E-state index in [4.69, 9.17) is 0 Å². The lowest BCUT2D eigenvalue weighted by molar-refractivity contribution is 0.521. The predicted molar refractivity (Wildman–Crippen MR) is 65.2 cm³/mol. The highest BCUT2D eigenvalue weighted by atomic mass is 15.3. The van der Waals surface area contributed by atoms with Gasteiger partial charge in [-0.2, -0.15) is 15.3 Å². The van der Waals surface area contributed by atoms with Crippen molar-refractivity contribution in [2.45, 2.75) is 33.0 Å². The molecule has 0 saturated heterocycles. The number of nitrogens with zero attached hydrogens (tertiary/aromatic N) is 4. The molecule has 5 heteroatoms. The minimum absolute atomic E-state index is 0.406. The fraction of sp³-hybridized carbons (Fsp3) is 0.417. The van der Waals surface area contributed by atoms with Gasteiger partial charge in [-0.15, -0.1) is 0 Å². The molecule has 1 N–H and O–H groups in total. The molecule has 0 aliphatic heterocycles. The van der Waals surface area contributed by atoms with Gasteiger partial charge in [0, 0.05) is 31.5 Å². The quantitative estimate of drug-likeness (QED) is 0.848. The molecule has 5 nitrogen and oxygen atoms in total. The van der Waals surface area contributed by atoms with Crippen LogP contribution in [-0.4, -0.2) is 20.0 Å². The summed E-state index contributed by atoms with van der Waals surface area (Å²) in [6.45, 7) is 5.69. The Balaban J connectivity index is 1.82. The largest absolute Gasteiger partial charge is 0.305 e. The van der Waals surface area contributed by atoms with Crippen LogP contribution in [0.2, 0.25) is 0 Å². The van der Waals surface area contributed by atoms with Crippen molar-refractivity contribution >= 4 is 0 Å². The number of hydrogen-bond donors (Lipinski definition) is 1. The fourth-order valence-corrected chi connectivity index (χ4v) is 1.51. The molecule has 0 radical (unpaired) electrons. The summed E-state index contributed by atoms with van der Waals surface area (Å²) in [7, 11) is 0.